The van der Waals surface area contributed by atoms with Crippen molar-refractivity contribution in [3.63, 3.8) is 0 Å². The molecular weight excluding hydrogens is 228 g/mol. The van der Waals surface area contributed by atoms with E-state index in [2.05, 4.69) is 13.8 Å². The molecule has 0 unspecified atom stereocenters. The van der Waals surface area contributed by atoms with Crippen LogP contribution >= 0.6 is 0 Å². The number of nitrogens with zero attached hydrogens (tertiary/aromatic N) is 2. The van der Waals surface area contributed by atoms with Gasteiger partial charge in [0.2, 0.25) is 0 Å². The second-order valence-electron chi connectivity index (χ2n) is 4.48. The number of rotatable bonds is 6. The van der Waals surface area contributed by atoms with Gasteiger partial charge in [-0.2, -0.15) is 4.73 Å². The van der Waals surface area contributed by atoms with Crippen LogP contribution in [0.3, 0.4) is 0 Å². The highest BCUT2D eigenvalue weighted by Crippen LogP contribution is 2.12. The lowest BCUT2D eigenvalue weighted by Crippen LogP contribution is -2.36. The van der Waals surface area contributed by atoms with Gasteiger partial charge in [-0.15, -0.1) is 0 Å². The minimum atomic E-state index is -0.0606. The van der Waals surface area contributed by atoms with Crippen LogP contribution < -0.4 is 4.73 Å². The van der Waals surface area contributed by atoms with Crippen LogP contribution in [0.1, 0.15) is 44.0 Å². The lowest BCUT2D eigenvalue weighted by Gasteiger charge is -2.25. The molecule has 1 aromatic rings. The zero-order valence-corrected chi connectivity index (χ0v) is 11.4. The zero-order valence-electron chi connectivity index (χ0n) is 11.4. The van der Waals surface area contributed by atoms with E-state index in [4.69, 9.17) is 0 Å². The molecule has 0 atom stereocenters. The van der Waals surface area contributed by atoms with Crippen LogP contribution in [0.25, 0.3) is 0 Å². The fourth-order valence-electron chi connectivity index (χ4n) is 1.98. The van der Waals surface area contributed by atoms with E-state index in [1.54, 1.807) is 12.1 Å². The Bertz CT molecular complexity index is 389. The highest BCUT2D eigenvalue weighted by Gasteiger charge is 2.18. The molecule has 0 saturated carbocycles. The largest absolute Gasteiger partial charge is 0.619 e. The summed E-state index contributed by atoms with van der Waals surface area (Å²) in [5, 5.41) is 11.2. The summed E-state index contributed by atoms with van der Waals surface area (Å²) in [7, 11) is 0. The van der Waals surface area contributed by atoms with Gasteiger partial charge < -0.3 is 10.1 Å². The molecule has 4 nitrogen and oxygen atoms in total. The number of aromatic nitrogens is 1. The Hall–Kier alpha value is -1.58. The highest BCUT2D eigenvalue weighted by molar-refractivity contribution is 5.93. The molecule has 0 spiro atoms. The molecule has 0 aromatic carbocycles. The second kappa shape index (κ2) is 6.99. The third-order valence-corrected chi connectivity index (χ3v) is 3.32. The molecule has 18 heavy (non-hydrogen) atoms. The molecule has 0 fully saturated rings. The van der Waals surface area contributed by atoms with E-state index in [9.17, 15) is 10.0 Å². The molecule has 0 N–H and O–H groups in total. The number of carbonyl (C=O) groups is 1. The number of hydrogen-bond donors (Lipinski definition) is 0. The van der Waals surface area contributed by atoms with Crippen LogP contribution in [0.5, 0.6) is 0 Å². The molecular formula is C14H22N2O2. The Morgan fingerprint density at radius 1 is 1.39 bits per heavy atom. The molecule has 0 aliphatic carbocycles. The molecule has 1 amide bonds. The fraction of sp³-hybridized carbons (Fsp3) is 0.571. The van der Waals surface area contributed by atoms with Gasteiger partial charge in [0, 0.05) is 19.2 Å². The number of pyridine rings is 1. The van der Waals surface area contributed by atoms with Gasteiger partial charge in [-0.05, 0) is 18.9 Å². The van der Waals surface area contributed by atoms with Crippen LogP contribution in [-0.4, -0.2) is 23.9 Å². The van der Waals surface area contributed by atoms with Crippen molar-refractivity contribution in [1.82, 2.24) is 4.90 Å². The van der Waals surface area contributed by atoms with Crippen molar-refractivity contribution in [2.24, 2.45) is 5.92 Å². The average Bonchev–Trinajstić information content (AvgIpc) is 2.39. The Labute approximate surface area is 109 Å². The summed E-state index contributed by atoms with van der Waals surface area (Å²) in [6, 6.07) is 3.29. The standard InChI is InChI=1S/C14H22N2O2/c1-4-12(5-2)10-15(6-3)14(17)13-8-7-9-16(18)11-13/h7-9,11-12H,4-6,10H2,1-3H3. The van der Waals surface area contributed by atoms with E-state index in [0.29, 0.717) is 22.8 Å². The van der Waals surface area contributed by atoms with Crippen molar-refractivity contribution in [2.75, 3.05) is 13.1 Å². The normalized spacial score (nSPS) is 10.7. The first-order chi connectivity index (χ1) is 8.62. The number of carbonyl (C=O) groups excluding carboxylic acids is 1. The molecule has 1 heterocycles. The van der Waals surface area contributed by atoms with Gasteiger partial charge in [-0.25, -0.2) is 0 Å². The van der Waals surface area contributed by atoms with Crippen molar-refractivity contribution in [3.05, 3.63) is 35.3 Å². The molecule has 100 valence electrons. The van der Waals surface area contributed by atoms with Crippen LogP contribution in [0.4, 0.5) is 0 Å². The van der Waals surface area contributed by atoms with Gasteiger partial charge >= 0.3 is 0 Å². The van der Waals surface area contributed by atoms with Crippen LogP contribution in [0.15, 0.2) is 24.5 Å². The van der Waals surface area contributed by atoms with Crippen molar-refractivity contribution < 1.29 is 9.52 Å². The van der Waals surface area contributed by atoms with Gasteiger partial charge in [0.15, 0.2) is 12.4 Å². The molecule has 1 rings (SSSR count). The summed E-state index contributed by atoms with van der Waals surface area (Å²) in [6.45, 7) is 7.68. The summed E-state index contributed by atoms with van der Waals surface area (Å²) < 4.78 is 0.665. The van der Waals surface area contributed by atoms with Crippen LogP contribution in [0, 0.1) is 11.1 Å². The van der Waals surface area contributed by atoms with E-state index in [1.165, 1.54) is 12.4 Å². The van der Waals surface area contributed by atoms with Gasteiger partial charge in [0.05, 0.1) is 0 Å². The monoisotopic (exact) mass is 250 g/mol. The molecule has 0 saturated heterocycles. The minimum absolute atomic E-state index is 0.0606. The van der Waals surface area contributed by atoms with Crippen molar-refractivity contribution in [1.29, 1.82) is 0 Å². The van der Waals surface area contributed by atoms with E-state index in [-0.39, 0.29) is 5.91 Å². The predicted octanol–water partition coefficient (Wildman–Crippen LogP) is 2.22. The molecule has 0 aliphatic rings. The molecule has 4 heteroatoms. The second-order valence-corrected chi connectivity index (χ2v) is 4.48. The predicted molar refractivity (Wildman–Crippen MR) is 71.1 cm³/mol. The molecule has 0 radical (unpaired) electrons. The summed E-state index contributed by atoms with van der Waals surface area (Å²) in [4.78, 5) is 14.1. The lowest BCUT2D eigenvalue weighted by atomic mass is 10.0. The Morgan fingerprint density at radius 2 is 2.06 bits per heavy atom. The van der Waals surface area contributed by atoms with E-state index in [1.807, 2.05) is 11.8 Å². The van der Waals surface area contributed by atoms with Crippen molar-refractivity contribution in [3.8, 4) is 0 Å². The summed E-state index contributed by atoms with van der Waals surface area (Å²) >= 11 is 0. The topological polar surface area (TPSA) is 47.2 Å². The number of hydrogen-bond acceptors (Lipinski definition) is 2. The maximum Gasteiger partial charge on any atom is 0.259 e. The van der Waals surface area contributed by atoms with Crippen molar-refractivity contribution in [2.45, 2.75) is 33.6 Å². The summed E-state index contributed by atoms with van der Waals surface area (Å²) in [5.74, 6) is 0.464. The van der Waals surface area contributed by atoms with Crippen LogP contribution in [0.2, 0.25) is 0 Å². The third-order valence-electron chi connectivity index (χ3n) is 3.32. The van der Waals surface area contributed by atoms with Crippen molar-refractivity contribution >= 4 is 5.91 Å². The smallest absolute Gasteiger partial charge is 0.259 e. The Balaban J connectivity index is 2.79. The lowest BCUT2D eigenvalue weighted by molar-refractivity contribution is -0.605. The highest BCUT2D eigenvalue weighted by atomic mass is 16.5. The summed E-state index contributed by atoms with van der Waals surface area (Å²) in [5.41, 5.74) is 0.459. The maximum atomic E-state index is 12.3. The molecule has 1 aromatic heterocycles. The van der Waals surface area contributed by atoms with E-state index >= 15 is 0 Å². The molecule has 0 aliphatic heterocycles. The third kappa shape index (κ3) is 3.72. The first kappa shape index (κ1) is 14.5. The van der Waals surface area contributed by atoms with E-state index < -0.39 is 0 Å². The van der Waals surface area contributed by atoms with Gasteiger partial charge in [0.25, 0.3) is 5.91 Å². The quantitative estimate of drug-likeness (QED) is 0.574. The fourth-order valence-corrected chi connectivity index (χ4v) is 1.98. The zero-order chi connectivity index (χ0) is 13.5. The first-order valence-corrected chi connectivity index (χ1v) is 6.60. The SMILES string of the molecule is CCC(CC)CN(CC)C(=O)c1ccc[n+]([O-])c1. The van der Waals surface area contributed by atoms with Gasteiger partial charge in [-0.3, -0.25) is 4.79 Å². The first-order valence-electron chi connectivity index (χ1n) is 6.60. The van der Waals surface area contributed by atoms with Crippen LogP contribution in [-0.2, 0) is 0 Å². The average molecular weight is 250 g/mol. The maximum absolute atomic E-state index is 12.3. The van der Waals surface area contributed by atoms with E-state index in [0.717, 1.165) is 19.4 Å². The van der Waals surface area contributed by atoms with Gasteiger partial charge in [0.1, 0.15) is 5.56 Å². The summed E-state index contributed by atoms with van der Waals surface area (Å²) in [6.07, 6.45) is 4.85. The number of amides is 1. The minimum Gasteiger partial charge on any atom is -0.619 e. The Morgan fingerprint density at radius 3 is 2.56 bits per heavy atom. The Kier molecular flexibility index (Phi) is 5.62. The van der Waals surface area contributed by atoms with Gasteiger partial charge in [-0.1, -0.05) is 26.7 Å². The molecule has 0 bridgehead atoms.